The number of benzene rings is 1. The van der Waals surface area contributed by atoms with Crippen LogP contribution in [-0.4, -0.2) is 15.1 Å². The summed E-state index contributed by atoms with van der Waals surface area (Å²) in [5, 5.41) is 12.3. The lowest BCUT2D eigenvalue weighted by Crippen LogP contribution is -2.05. The zero-order valence-corrected chi connectivity index (χ0v) is 10.6. The maximum Gasteiger partial charge on any atom is 0.223 e. The normalized spacial score (nSPS) is 10.4. The lowest BCUT2D eigenvalue weighted by molar-refractivity contribution is 0.281. The lowest BCUT2D eigenvalue weighted by atomic mass is 10.1. The fourth-order valence-electron chi connectivity index (χ4n) is 1.82. The highest BCUT2D eigenvalue weighted by Gasteiger charge is 2.00. The second-order valence-electron chi connectivity index (χ2n) is 4.31. The fourth-order valence-corrected chi connectivity index (χ4v) is 1.82. The summed E-state index contributed by atoms with van der Waals surface area (Å²) in [5.74, 6) is 0.641. The monoisotopic (exact) mass is 243 g/mol. The SMILES string of the molecule is Cc1cc(C)nc(NCc2cccc(CO)c2)n1. The van der Waals surface area contributed by atoms with E-state index in [2.05, 4.69) is 15.3 Å². The van der Waals surface area contributed by atoms with Crippen molar-refractivity contribution in [2.75, 3.05) is 5.32 Å². The van der Waals surface area contributed by atoms with E-state index in [0.29, 0.717) is 12.5 Å². The summed E-state index contributed by atoms with van der Waals surface area (Å²) in [6.45, 7) is 4.61. The highest BCUT2D eigenvalue weighted by atomic mass is 16.3. The van der Waals surface area contributed by atoms with Crippen molar-refractivity contribution in [3.05, 3.63) is 52.8 Å². The van der Waals surface area contributed by atoms with Gasteiger partial charge in [0.15, 0.2) is 0 Å². The molecule has 2 aromatic rings. The number of nitrogens with zero attached hydrogens (tertiary/aromatic N) is 2. The van der Waals surface area contributed by atoms with Gasteiger partial charge < -0.3 is 10.4 Å². The van der Waals surface area contributed by atoms with Crippen molar-refractivity contribution in [3.63, 3.8) is 0 Å². The summed E-state index contributed by atoms with van der Waals surface area (Å²) in [6, 6.07) is 9.75. The molecule has 2 N–H and O–H groups in total. The van der Waals surface area contributed by atoms with Gasteiger partial charge >= 0.3 is 0 Å². The number of aliphatic hydroxyl groups is 1. The molecule has 0 amide bonds. The van der Waals surface area contributed by atoms with Gasteiger partial charge in [0.25, 0.3) is 0 Å². The molecule has 0 saturated heterocycles. The summed E-state index contributed by atoms with van der Waals surface area (Å²) >= 11 is 0. The molecule has 4 heteroatoms. The van der Waals surface area contributed by atoms with E-state index in [-0.39, 0.29) is 6.61 Å². The molecule has 18 heavy (non-hydrogen) atoms. The topological polar surface area (TPSA) is 58.0 Å². The number of aryl methyl sites for hydroxylation is 2. The van der Waals surface area contributed by atoms with Gasteiger partial charge in [-0.3, -0.25) is 0 Å². The molecule has 1 aromatic carbocycles. The second-order valence-corrected chi connectivity index (χ2v) is 4.31. The average molecular weight is 243 g/mol. The van der Waals surface area contributed by atoms with Crippen molar-refractivity contribution < 1.29 is 5.11 Å². The van der Waals surface area contributed by atoms with E-state index < -0.39 is 0 Å². The maximum absolute atomic E-state index is 9.07. The number of aromatic nitrogens is 2. The Labute approximate surface area is 107 Å². The Kier molecular flexibility index (Phi) is 3.89. The molecule has 0 bridgehead atoms. The number of anilines is 1. The van der Waals surface area contributed by atoms with Crippen LogP contribution in [0, 0.1) is 13.8 Å². The minimum atomic E-state index is 0.0634. The maximum atomic E-state index is 9.07. The van der Waals surface area contributed by atoms with Crippen molar-refractivity contribution in [1.29, 1.82) is 0 Å². The quantitative estimate of drug-likeness (QED) is 0.864. The Bertz CT molecular complexity index is 520. The van der Waals surface area contributed by atoms with E-state index in [4.69, 9.17) is 5.11 Å². The summed E-state index contributed by atoms with van der Waals surface area (Å²) < 4.78 is 0. The van der Waals surface area contributed by atoms with Gasteiger partial charge in [0, 0.05) is 17.9 Å². The Morgan fingerprint density at radius 2 is 1.72 bits per heavy atom. The first kappa shape index (κ1) is 12.5. The van der Waals surface area contributed by atoms with Crippen molar-refractivity contribution in [3.8, 4) is 0 Å². The summed E-state index contributed by atoms with van der Waals surface area (Å²) in [7, 11) is 0. The number of hydrogen-bond acceptors (Lipinski definition) is 4. The molecule has 0 spiro atoms. The Balaban J connectivity index is 2.06. The first-order valence-electron chi connectivity index (χ1n) is 5.92. The molecule has 0 fully saturated rings. The highest BCUT2D eigenvalue weighted by Crippen LogP contribution is 2.09. The van der Waals surface area contributed by atoms with Crippen LogP contribution >= 0.6 is 0 Å². The molecule has 4 nitrogen and oxygen atoms in total. The van der Waals surface area contributed by atoms with Crippen molar-refractivity contribution in [2.24, 2.45) is 0 Å². The van der Waals surface area contributed by atoms with Crippen LogP contribution in [0.1, 0.15) is 22.5 Å². The standard InChI is InChI=1S/C14H17N3O/c1-10-6-11(2)17-14(16-10)15-8-12-4-3-5-13(7-12)9-18/h3-7,18H,8-9H2,1-2H3,(H,15,16,17). The lowest BCUT2D eigenvalue weighted by Gasteiger charge is -2.07. The molecule has 0 aliphatic carbocycles. The van der Waals surface area contributed by atoms with E-state index in [1.165, 1.54) is 0 Å². The van der Waals surface area contributed by atoms with Crippen LogP contribution in [0.3, 0.4) is 0 Å². The second kappa shape index (κ2) is 5.60. The zero-order chi connectivity index (χ0) is 13.0. The predicted molar refractivity (Wildman–Crippen MR) is 71.2 cm³/mol. The van der Waals surface area contributed by atoms with Crippen LogP contribution in [-0.2, 0) is 13.2 Å². The van der Waals surface area contributed by atoms with E-state index >= 15 is 0 Å². The molecule has 0 aliphatic rings. The van der Waals surface area contributed by atoms with E-state index in [9.17, 15) is 0 Å². The van der Waals surface area contributed by atoms with E-state index in [1.807, 2.05) is 44.2 Å². The van der Waals surface area contributed by atoms with Crippen LogP contribution in [0.4, 0.5) is 5.95 Å². The molecule has 0 unspecified atom stereocenters. The molecule has 94 valence electrons. The van der Waals surface area contributed by atoms with Gasteiger partial charge in [-0.05, 0) is 31.0 Å². The molecule has 0 saturated carbocycles. The number of aliphatic hydroxyl groups excluding tert-OH is 1. The molecule has 2 rings (SSSR count). The van der Waals surface area contributed by atoms with Gasteiger partial charge in [0.1, 0.15) is 0 Å². The summed E-state index contributed by atoms with van der Waals surface area (Å²) in [6.07, 6.45) is 0. The molecule has 1 heterocycles. The van der Waals surface area contributed by atoms with Gasteiger partial charge in [0.2, 0.25) is 5.95 Å². The van der Waals surface area contributed by atoms with Gasteiger partial charge in [-0.1, -0.05) is 24.3 Å². The Morgan fingerprint density at radius 3 is 2.39 bits per heavy atom. The summed E-state index contributed by atoms with van der Waals surface area (Å²) in [4.78, 5) is 8.64. The third-order valence-corrected chi connectivity index (χ3v) is 2.61. The minimum absolute atomic E-state index is 0.0634. The predicted octanol–water partition coefficient (Wildman–Crippen LogP) is 2.20. The molecular formula is C14H17N3O. The van der Waals surface area contributed by atoms with Gasteiger partial charge in [-0.25, -0.2) is 9.97 Å². The number of nitrogens with one attached hydrogen (secondary N) is 1. The Morgan fingerprint density at radius 1 is 1.06 bits per heavy atom. The van der Waals surface area contributed by atoms with Crippen molar-refractivity contribution in [1.82, 2.24) is 9.97 Å². The third-order valence-electron chi connectivity index (χ3n) is 2.61. The highest BCUT2D eigenvalue weighted by molar-refractivity contribution is 5.31. The van der Waals surface area contributed by atoms with Crippen LogP contribution in [0.15, 0.2) is 30.3 Å². The molecule has 1 aromatic heterocycles. The van der Waals surface area contributed by atoms with E-state index in [0.717, 1.165) is 22.5 Å². The van der Waals surface area contributed by atoms with Gasteiger partial charge in [-0.15, -0.1) is 0 Å². The third kappa shape index (κ3) is 3.28. The van der Waals surface area contributed by atoms with Crippen molar-refractivity contribution >= 4 is 5.95 Å². The molecular weight excluding hydrogens is 226 g/mol. The molecule has 0 atom stereocenters. The summed E-state index contributed by atoms with van der Waals surface area (Å²) in [5.41, 5.74) is 3.92. The van der Waals surface area contributed by atoms with Crippen molar-refractivity contribution in [2.45, 2.75) is 27.0 Å². The van der Waals surface area contributed by atoms with Crippen LogP contribution in [0.5, 0.6) is 0 Å². The fraction of sp³-hybridized carbons (Fsp3) is 0.286. The van der Waals surface area contributed by atoms with Crippen LogP contribution in [0.2, 0.25) is 0 Å². The van der Waals surface area contributed by atoms with Gasteiger partial charge in [-0.2, -0.15) is 0 Å². The zero-order valence-electron chi connectivity index (χ0n) is 10.6. The van der Waals surface area contributed by atoms with Crippen LogP contribution < -0.4 is 5.32 Å². The number of rotatable bonds is 4. The smallest absolute Gasteiger partial charge is 0.223 e. The largest absolute Gasteiger partial charge is 0.392 e. The number of hydrogen-bond donors (Lipinski definition) is 2. The minimum Gasteiger partial charge on any atom is -0.392 e. The first-order valence-corrected chi connectivity index (χ1v) is 5.92. The molecule has 0 radical (unpaired) electrons. The molecule has 0 aliphatic heterocycles. The first-order chi connectivity index (χ1) is 8.67. The average Bonchev–Trinajstić information content (AvgIpc) is 2.35. The van der Waals surface area contributed by atoms with Gasteiger partial charge in [0.05, 0.1) is 6.61 Å². The van der Waals surface area contributed by atoms with Crippen LogP contribution in [0.25, 0.3) is 0 Å². The van der Waals surface area contributed by atoms with E-state index in [1.54, 1.807) is 0 Å². The Hall–Kier alpha value is -1.94.